The van der Waals surface area contributed by atoms with Crippen molar-refractivity contribution in [1.29, 1.82) is 0 Å². The molecule has 8 heteroatoms. The quantitative estimate of drug-likeness (QED) is 0.320. The van der Waals surface area contributed by atoms with E-state index in [1.165, 1.54) is 12.1 Å². The highest BCUT2D eigenvalue weighted by Crippen LogP contribution is 2.31. The van der Waals surface area contributed by atoms with Gasteiger partial charge in [0, 0.05) is 51.9 Å². The van der Waals surface area contributed by atoms with Crippen LogP contribution in [-0.2, 0) is 4.74 Å². The monoisotopic (exact) mass is 531 g/mol. The highest BCUT2D eigenvalue weighted by Gasteiger charge is 2.29. The van der Waals surface area contributed by atoms with Crippen LogP contribution in [0.1, 0.15) is 20.3 Å². The number of guanidine groups is 1. The molecule has 0 saturated carbocycles. The summed E-state index contributed by atoms with van der Waals surface area (Å²) in [6, 6.07) is 8.27. The number of halogens is 1. The second-order valence-electron chi connectivity index (χ2n) is 8.49. The van der Waals surface area contributed by atoms with Crippen molar-refractivity contribution in [1.82, 2.24) is 15.5 Å². The van der Waals surface area contributed by atoms with Gasteiger partial charge < -0.3 is 25.0 Å². The van der Waals surface area contributed by atoms with Gasteiger partial charge in [0.05, 0.1) is 26.0 Å². The third-order valence-corrected chi connectivity index (χ3v) is 6.05. The van der Waals surface area contributed by atoms with Gasteiger partial charge in [-0.1, -0.05) is 12.1 Å². The van der Waals surface area contributed by atoms with E-state index in [0.29, 0.717) is 5.92 Å². The molecule has 170 valence electrons. The van der Waals surface area contributed by atoms with Gasteiger partial charge in [0.25, 0.3) is 0 Å². The van der Waals surface area contributed by atoms with Crippen molar-refractivity contribution >= 4 is 35.6 Å². The number of aliphatic imine (C=N–C) groups is 1. The summed E-state index contributed by atoms with van der Waals surface area (Å²) in [6.45, 7) is 12.0. The Balaban J connectivity index is 0.00000320. The van der Waals surface area contributed by atoms with Crippen LogP contribution in [-0.4, -0.2) is 83.0 Å². The molecule has 2 fully saturated rings. The van der Waals surface area contributed by atoms with E-state index in [0.717, 1.165) is 64.2 Å². The molecule has 2 aliphatic rings. The topological polar surface area (TPSA) is 61.4 Å². The van der Waals surface area contributed by atoms with E-state index < -0.39 is 0 Å². The number of ether oxygens (including phenoxy) is 2. The Morgan fingerprint density at radius 2 is 1.93 bits per heavy atom. The van der Waals surface area contributed by atoms with E-state index in [1.807, 2.05) is 19.2 Å². The van der Waals surface area contributed by atoms with Gasteiger partial charge in [0.15, 0.2) is 5.96 Å². The number of para-hydroxylation sites is 2. The Labute approximate surface area is 198 Å². The van der Waals surface area contributed by atoms with Crippen molar-refractivity contribution in [3.05, 3.63) is 24.3 Å². The van der Waals surface area contributed by atoms with E-state index >= 15 is 0 Å². The zero-order chi connectivity index (χ0) is 20.7. The van der Waals surface area contributed by atoms with Crippen LogP contribution in [0.5, 0.6) is 5.75 Å². The number of morpholine rings is 1. The maximum atomic E-state index is 5.52. The van der Waals surface area contributed by atoms with Gasteiger partial charge in [-0.2, -0.15) is 0 Å². The smallest absolute Gasteiger partial charge is 0.191 e. The number of methoxy groups -OCH3 is 1. The number of anilines is 1. The summed E-state index contributed by atoms with van der Waals surface area (Å²) in [7, 11) is 3.58. The van der Waals surface area contributed by atoms with E-state index in [9.17, 15) is 0 Å². The van der Waals surface area contributed by atoms with E-state index in [2.05, 4.69) is 51.4 Å². The normalized spacial score (nSPS) is 20.6. The molecule has 0 amide bonds. The minimum atomic E-state index is 0. The number of benzene rings is 1. The van der Waals surface area contributed by atoms with Crippen LogP contribution in [0.2, 0.25) is 0 Å². The summed E-state index contributed by atoms with van der Waals surface area (Å²) in [5.74, 6) is 2.41. The van der Waals surface area contributed by atoms with Gasteiger partial charge in [0.2, 0.25) is 0 Å². The molecule has 2 heterocycles. The second kappa shape index (κ2) is 12.0. The van der Waals surface area contributed by atoms with E-state index in [4.69, 9.17) is 9.47 Å². The highest BCUT2D eigenvalue weighted by atomic mass is 127. The maximum Gasteiger partial charge on any atom is 0.191 e. The summed E-state index contributed by atoms with van der Waals surface area (Å²) in [4.78, 5) is 9.32. The zero-order valence-electron chi connectivity index (χ0n) is 18.8. The summed E-state index contributed by atoms with van der Waals surface area (Å²) < 4.78 is 11.0. The van der Waals surface area contributed by atoms with Crippen molar-refractivity contribution < 1.29 is 9.47 Å². The number of hydrogen-bond acceptors (Lipinski definition) is 5. The molecular formula is C22H38IN5O2. The lowest BCUT2D eigenvalue weighted by Crippen LogP contribution is -2.56. The molecule has 3 rings (SSSR count). The first-order valence-corrected chi connectivity index (χ1v) is 10.7. The highest BCUT2D eigenvalue weighted by molar-refractivity contribution is 14.0. The number of nitrogens with one attached hydrogen (secondary N) is 2. The Hall–Kier alpha value is -1.26. The van der Waals surface area contributed by atoms with Crippen LogP contribution in [0, 0.1) is 5.92 Å². The fourth-order valence-electron chi connectivity index (χ4n) is 4.15. The fourth-order valence-corrected chi connectivity index (χ4v) is 4.15. The molecule has 0 aromatic heterocycles. The van der Waals surface area contributed by atoms with Crippen LogP contribution in [0.3, 0.4) is 0 Å². The molecule has 0 aliphatic carbocycles. The van der Waals surface area contributed by atoms with Crippen molar-refractivity contribution in [3.63, 3.8) is 0 Å². The van der Waals surface area contributed by atoms with Crippen molar-refractivity contribution in [2.75, 3.05) is 71.5 Å². The van der Waals surface area contributed by atoms with Gasteiger partial charge >= 0.3 is 0 Å². The lowest BCUT2D eigenvalue weighted by atomic mass is 10.0. The first kappa shape index (κ1) is 25.0. The van der Waals surface area contributed by atoms with Crippen LogP contribution in [0.15, 0.2) is 29.3 Å². The zero-order valence-corrected chi connectivity index (χ0v) is 21.1. The number of hydrogen-bond donors (Lipinski definition) is 2. The molecule has 7 nitrogen and oxygen atoms in total. The largest absolute Gasteiger partial charge is 0.495 e. The minimum absolute atomic E-state index is 0. The average molecular weight is 531 g/mol. The maximum absolute atomic E-state index is 5.52. The Morgan fingerprint density at radius 3 is 2.63 bits per heavy atom. The van der Waals surface area contributed by atoms with Gasteiger partial charge in [-0.05, 0) is 38.3 Å². The Kier molecular flexibility index (Phi) is 9.96. The summed E-state index contributed by atoms with van der Waals surface area (Å²) in [5, 5.41) is 7.04. The molecular weight excluding hydrogens is 493 g/mol. The number of nitrogens with zero attached hydrogens (tertiary/aromatic N) is 3. The van der Waals surface area contributed by atoms with E-state index in [1.54, 1.807) is 7.11 Å². The molecule has 0 bridgehead atoms. The van der Waals surface area contributed by atoms with E-state index in [-0.39, 0.29) is 29.5 Å². The van der Waals surface area contributed by atoms with Crippen LogP contribution in [0.4, 0.5) is 5.69 Å². The third-order valence-electron chi connectivity index (χ3n) is 6.05. The van der Waals surface area contributed by atoms with Crippen LogP contribution >= 0.6 is 24.0 Å². The molecule has 2 N–H and O–H groups in total. The Bertz CT molecular complexity index is 679. The lowest BCUT2D eigenvalue weighted by Gasteiger charge is -2.41. The molecule has 1 aromatic rings. The molecule has 0 radical (unpaired) electrons. The van der Waals surface area contributed by atoms with Gasteiger partial charge in [-0.3, -0.25) is 9.89 Å². The molecule has 1 unspecified atom stereocenters. The molecule has 1 atom stereocenters. The summed E-state index contributed by atoms with van der Waals surface area (Å²) >= 11 is 0. The number of rotatable bonds is 7. The third kappa shape index (κ3) is 6.62. The van der Waals surface area contributed by atoms with Crippen molar-refractivity contribution in [3.8, 4) is 5.75 Å². The Morgan fingerprint density at radius 1 is 1.20 bits per heavy atom. The minimum Gasteiger partial charge on any atom is -0.495 e. The lowest BCUT2D eigenvalue weighted by molar-refractivity contribution is -0.00834. The fraction of sp³-hybridized carbons (Fsp3) is 0.682. The predicted molar refractivity (Wildman–Crippen MR) is 135 cm³/mol. The average Bonchev–Trinajstić information content (AvgIpc) is 3.23. The van der Waals surface area contributed by atoms with Gasteiger partial charge in [-0.25, -0.2) is 0 Å². The van der Waals surface area contributed by atoms with Gasteiger partial charge in [-0.15, -0.1) is 24.0 Å². The van der Waals surface area contributed by atoms with Gasteiger partial charge in [0.1, 0.15) is 5.75 Å². The van der Waals surface area contributed by atoms with Crippen molar-refractivity contribution in [2.45, 2.75) is 25.8 Å². The second-order valence-corrected chi connectivity index (χ2v) is 8.49. The van der Waals surface area contributed by atoms with Crippen LogP contribution in [0.25, 0.3) is 0 Å². The molecule has 1 aromatic carbocycles. The first-order valence-electron chi connectivity index (χ1n) is 10.7. The standard InChI is InChI=1S/C22H37N5O2.HI/c1-22(2,27-11-13-29-14-12-27)17-25-21(23-3)24-15-18-9-10-26(16-18)19-7-5-6-8-20(19)28-4;/h5-8,18H,9-17H2,1-4H3,(H2,23,24,25);1H. The predicted octanol–water partition coefficient (Wildman–Crippen LogP) is 2.42. The molecule has 30 heavy (non-hydrogen) atoms. The van der Waals surface area contributed by atoms with Crippen molar-refractivity contribution in [2.24, 2.45) is 10.9 Å². The molecule has 0 spiro atoms. The summed E-state index contributed by atoms with van der Waals surface area (Å²) in [6.07, 6.45) is 1.17. The van der Waals surface area contributed by atoms with Crippen LogP contribution < -0.4 is 20.3 Å². The first-order chi connectivity index (χ1) is 14.0. The molecule has 2 saturated heterocycles. The SMILES string of the molecule is CN=C(NCC1CCN(c2ccccc2OC)C1)NCC(C)(C)N1CCOCC1.I. The molecule has 2 aliphatic heterocycles. The summed E-state index contributed by atoms with van der Waals surface area (Å²) in [5.41, 5.74) is 1.25.